The van der Waals surface area contributed by atoms with Crippen molar-refractivity contribution in [3.8, 4) is 0 Å². The summed E-state index contributed by atoms with van der Waals surface area (Å²) in [6.45, 7) is 0. The van der Waals surface area contributed by atoms with Crippen LogP contribution in [0.25, 0.3) is 0 Å². The molecule has 0 aromatic carbocycles. The third kappa shape index (κ3) is 2.70. The normalized spacial score (nSPS) is 18.1. The molecular formula is C10H13N3OS. The summed E-state index contributed by atoms with van der Waals surface area (Å²) in [5.74, 6) is 0.528. The molecule has 0 atom stereocenters. The monoisotopic (exact) mass is 223 g/mol. The first-order chi connectivity index (χ1) is 7.40. The molecule has 1 saturated carbocycles. The summed E-state index contributed by atoms with van der Waals surface area (Å²) < 4.78 is 0. The van der Waals surface area contributed by atoms with Gasteiger partial charge in [-0.2, -0.15) is 0 Å². The van der Waals surface area contributed by atoms with Gasteiger partial charge in [0.15, 0.2) is 0 Å². The van der Waals surface area contributed by atoms with Crippen LogP contribution < -0.4 is 0 Å². The van der Waals surface area contributed by atoms with Gasteiger partial charge in [-0.3, -0.25) is 0 Å². The highest BCUT2D eigenvalue weighted by atomic mass is 32.1. The first-order valence-corrected chi connectivity index (χ1v) is 6.13. The van der Waals surface area contributed by atoms with Crippen molar-refractivity contribution in [1.82, 2.24) is 10.2 Å². The second kappa shape index (κ2) is 5.14. The number of rotatable bonds is 2. The van der Waals surface area contributed by atoms with Gasteiger partial charge in [0.25, 0.3) is 0 Å². The molecule has 15 heavy (non-hydrogen) atoms. The first-order valence-electron chi connectivity index (χ1n) is 5.31. The molecule has 0 saturated heterocycles. The van der Waals surface area contributed by atoms with Crippen LogP contribution in [0.15, 0.2) is 4.99 Å². The average Bonchev–Trinajstić information content (AvgIpc) is 2.53. The molecule has 0 aliphatic heterocycles. The van der Waals surface area contributed by atoms with Crippen LogP contribution in [0.3, 0.4) is 0 Å². The fourth-order valence-corrected chi connectivity index (χ4v) is 2.84. The van der Waals surface area contributed by atoms with Crippen LogP contribution >= 0.6 is 11.3 Å². The van der Waals surface area contributed by atoms with Gasteiger partial charge in [-0.15, -0.1) is 15.2 Å². The summed E-state index contributed by atoms with van der Waals surface area (Å²) >= 11 is 1.42. The highest BCUT2D eigenvalue weighted by Crippen LogP contribution is 2.34. The molecule has 0 N–H and O–H groups in total. The molecule has 1 aromatic rings. The maximum Gasteiger partial charge on any atom is 0.242 e. The van der Waals surface area contributed by atoms with Gasteiger partial charge in [0.05, 0.1) is 0 Å². The lowest BCUT2D eigenvalue weighted by molar-refractivity contribution is 0.565. The molecule has 1 heterocycles. The van der Waals surface area contributed by atoms with E-state index < -0.39 is 0 Å². The van der Waals surface area contributed by atoms with Gasteiger partial charge in [-0.25, -0.2) is 4.79 Å². The van der Waals surface area contributed by atoms with Gasteiger partial charge in [-0.1, -0.05) is 37.0 Å². The molecule has 0 unspecified atom stereocenters. The minimum Gasteiger partial charge on any atom is -0.211 e. The molecule has 4 nitrogen and oxygen atoms in total. The summed E-state index contributed by atoms with van der Waals surface area (Å²) in [7, 11) is 0. The summed E-state index contributed by atoms with van der Waals surface area (Å²) in [6, 6.07) is 0. The number of aliphatic imine (C=N–C) groups is 1. The van der Waals surface area contributed by atoms with Gasteiger partial charge in [0.2, 0.25) is 11.2 Å². The van der Waals surface area contributed by atoms with E-state index in [-0.39, 0.29) is 0 Å². The number of hydrogen-bond acceptors (Lipinski definition) is 5. The Hall–Kier alpha value is -1.06. The first kappa shape index (κ1) is 10.5. The predicted octanol–water partition coefficient (Wildman–Crippen LogP) is 2.94. The van der Waals surface area contributed by atoms with Crippen molar-refractivity contribution in [2.24, 2.45) is 4.99 Å². The van der Waals surface area contributed by atoms with Crippen molar-refractivity contribution >= 4 is 22.5 Å². The van der Waals surface area contributed by atoms with Gasteiger partial charge in [0, 0.05) is 5.92 Å². The topological polar surface area (TPSA) is 55.2 Å². The zero-order valence-electron chi connectivity index (χ0n) is 8.48. The SMILES string of the molecule is O=C=Nc1nnc(C2CCCCCC2)s1. The van der Waals surface area contributed by atoms with E-state index >= 15 is 0 Å². The Balaban J connectivity index is 2.09. The van der Waals surface area contributed by atoms with Crippen molar-refractivity contribution in [2.45, 2.75) is 44.4 Å². The molecule has 0 spiro atoms. The van der Waals surface area contributed by atoms with Crippen molar-refractivity contribution in [1.29, 1.82) is 0 Å². The van der Waals surface area contributed by atoms with E-state index in [0.29, 0.717) is 11.0 Å². The van der Waals surface area contributed by atoms with Crippen molar-refractivity contribution in [3.63, 3.8) is 0 Å². The predicted molar refractivity (Wildman–Crippen MR) is 58.1 cm³/mol. The lowest BCUT2D eigenvalue weighted by Crippen LogP contribution is -1.96. The van der Waals surface area contributed by atoms with E-state index in [1.807, 2.05) is 0 Å². The fraction of sp³-hybridized carbons (Fsp3) is 0.700. The third-order valence-electron chi connectivity index (χ3n) is 2.78. The Kier molecular flexibility index (Phi) is 3.59. The highest BCUT2D eigenvalue weighted by molar-refractivity contribution is 7.15. The number of carbonyl (C=O) groups excluding carboxylic acids is 1. The molecule has 0 radical (unpaired) electrons. The summed E-state index contributed by atoms with van der Waals surface area (Å²) in [4.78, 5) is 13.5. The molecule has 5 heteroatoms. The van der Waals surface area contributed by atoms with E-state index in [1.54, 1.807) is 0 Å². The van der Waals surface area contributed by atoms with Crippen molar-refractivity contribution in [3.05, 3.63) is 5.01 Å². The number of isocyanates is 1. The average molecular weight is 223 g/mol. The second-order valence-electron chi connectivity index (χ2n) is 3.81. The van der Waals surface area contributed by atoms with Gasteiger partial charge < -0.3 is 0 Å². The van der Waals surface area contributed by atoms with Gasteiger partial charge in [0.1, 0.15) is 5.01 Å². The standard InChI is InChI=1S/C10H13N3OS/c14-7-11-10-13-12-9(15-10)8-5-3-1-2-4-6-8/h8H,1-6H2. The van der Waals surface area contributed by atoms with Crippen LogP contribution in [-0.4, -0.2) is 16.3 Å². The van der Waals surface area contributed by atoms with Crippen LogP contribution in [0, 0.1) is 0 Å². The zero-order chi connectivity index (χ0) is 10.5. The van der Waals surface area contributed by atoms with Crippen LogP contribution in [-0.2, 0) is 4.79 Å². The highest BCUT2D eigenvalue weighted by Gasteiger charge is 2.18. The van der Waals surface area contributed by atoms with Crippen LogP contribution in [0.4, 0.5) is 5.13 Å². The molecule has 1 fully saturated rings. The Labute approximate surface area is 92.5 Å². The summed E-state index contributed by atoms with van der Waals surface area (Å²) in [6.07, 6.45) is 9.09. The molecule has 1 aliphatic carbocycles. The fourth-order valence-electron chi connectivity index (χ4n) is 2.00. The molecular weight excluding hydrogens is 210 g/mol. The molecule has 1 aromatic heterocycles. The smallest absolute Gasteiger partial charge is 0.211 e. The van der Waals surface area contributed by atoms with E-state index in [2.05, 4.69) is 15.2 Å². The quantitative estimate of drug-likeness (QED) is 0.440. The van der Waals surface area contributed by atoms with Gasteiger partial charge >= 0.3 is 0 Å². The maximum absolute atomic E-state index is 10.1. The molecule has 80 valence electrons. The largest absolute Gasteiger partial charge is 0.242 e. The minimum absolute atomic E-state index is 0.434. The van der Waals surface area contributed by atoms with E-state index in [0.717, 1.165) is 5.01 Å². The Bertz CT molecular complexity index is 362. The zero-order valence-corrected chi connectivity index (χ0v) is 9.29. The molecule has 0 amide bonds. The molecule has 0 bridgehead atoms. The van der Waals surface area contributed by atoms with Crippen LogP contribution in [0.1, 0.15) is 49.5 Å². The number of aromatic nitrogens is 2. The summed E-state index contributed by atoms with van der Waals surface area (Å²) in [5.41, 5.74) is 0. The summed E-state index contributed by atoms with van der Waals surface area (Å²) in [5, 5.41) is 9.41. The van der Waals surface area contributed by atoms with E-state index in [9.17, 15) is 4.79 Å². The number of nitrogens with zero attached hydrogens (tertiary/aromatic N) is 3. The van der Waals surface area contributed by atoms with E-state index in [1.165, 1.54) is 55.9 Å². The lowest BCUT2D eigenvalue weighted by atomic mass is 10.0. The molecule has 1 aliphatic rings. The third-order valence-corrected chi connectivity index (χ3v) is 3.76. The lowest BCUT2D eigenvalue weighted by Gasteiger charge is -2.08. The minimum atomic E-state index is 0.434. The molecule has 2 rings (SSSR count). The van der Waals surface area contributed by atoms with E-state index in [4.69, 9.17) is 0 Å². The second-order valence-corrected chi connectivity index (χ2v) is 4.80. The Morgan fingerprint density at radius 3 is 2.60 bits per heavy atom. The van der Waals surface area contributed by atoms with Crippen molar-refractivity contribution < 1.29 is 4.79 Å². The Morgan fingerprint density at radius 2 is 1.93 bits per heavy atom. The van der Waals surface area contributed by atoms with Crippen LogP contribution in [0.2, 0.25) is 0 Å². The van der Waals surface area contributed by atoms with Gasteiger partial charge in [-0.05, 0) is 12.8 Å². The van der Waals surface area contributed by atoms with Crippen LogP contribution in [0.5, 0.6) is 0 Å². The Morgan fingerprint density at radius 1 is 1.20 bits per heavy atom. The number of hydrogen-bond donors (Lipinski definition) is 0. The van der Waals surface area contributed by atoms with Crippen molar-refractivity contribution in [2.75, 3.05) is 0 Å². The maximum atomic E-state index is 10.1.